The van der Waals surface area contributed by atoms with Crippen molar-refractivity contribution in [2.24, 2.45) is 0 Å². The predicted octanol–water partition coefficient (Wildman–Crippen LogP) is 2.31. The molecule has 80 valence electrons. The second kappa shape index (κ2) is 5.54. The highest BCUT2D eigenvalue weighted by atomic mass is 16.6. The van der Waals surface area contributed by atoms with Crippen molar-refractivity contribution in [3.05, 3.63) is 0 Å². The van der Waals surface area contributed by atoms with Crippen molar-refractivity contribution in [1.29, 1.82) is 0 Å². The summed E-state index contributed by atoms with van der Waals surface area (Å²) in [5.41, 5.74) is -0.448. The number of carbonyl (C=O) groups excluding carboxylic acids is 1. The molecule has 0 aromatic carbocycles. The number of rotatable bonds is 3. The van der Waals surface area contributed by atoms with Gasteiger partial charge in [-0.25, -0.2) is 4.79 Å². The lowest BCUT2D eigenvalue weighted by Gasteiger charge is -2.21. The van der Waals surface area contributed by atoms with Crippen LogP contribution in [0, 0.1) is 12.3 Å². The molecule has 3 nitrogen and oxygen atoms in total. The Hall–Kier alpha value is -1.17. The fourth-order valence-electron chi connectivity index (χ4n) is 0.881. The Morgan fingerprint density at radius 1 is 1.57 bits per heavy atom. The van der Waals surface area contributed by atoms with E-state index in [1.165, 1.54) is 0 Å². The Balaban J connectivity index is 3.78. The Bertz CT molecular complexity index is 222. The zero-order valence-electron chi connectivity index (χ0n) is 9.39. The molecule has 0 heterocycles. The molecule has 0 unspecified atom stereocenters. The van der Waals surface area contributed by atoms with E-state index in [9.17, 15) is 4.79 Å². The molecule has 3 heteroatoms. The maximum Gasteiger partial charge on any atom is 0.407 e. The smallest absolute Gasteiger partial charge is 0.407 e. The van der Waals surface area contributed by atoms with Crippen molar-refractivity contribution in [2.45, 2.75) is 52.2 Å². The summed E-state index contributed by atoms with van der Waals surface area (Å²) in [5.74, 6) is 2.53. The highest BCUT2D eigenvalue weighted by molar-refractivity contribution is 5.67. The van der Waals surface area contributed by atoms with Crippen LogP contribution in [-0.4, -0.2) is 17.7 Å². The van der Waals surface area contributed by atoms with E-state index >= 15 is 0 Å². The molecule has 0 radical (unpaired) electrons. The lowest BCUT2D eigenvalue weighted by atomic mass is 10.2. The average molecular weight is 197 g/mol. The number of alkyl carbamates (subject to hydrolysis) is 1. The highest BCUT2D eigenvalue weighted by Gasteiger charge is 2.17. The molecule has 0 fully saturated rings. The van der Waals surface area contributed by atoms with Gasteiger partial charge in [-0.05, 0) is 34.1 Å². The third kappa shape index (κ3) is 7.48. The minimum Gasteiger partial charge on any atom is -0.444 e. The van der Waals surface area contributed by atoms with Gasteiger partial charge in [-0.15, -0.1) is 12.3 Å². The lowest BCUT2D eigenvalue weighted by molar-refractivity contribution is 0.0507. The van der Waals surface area contributed by atoms with E-state index in [1.807, 2.05) is 27.7 Å². The van der Waals surface area contributed by atoms with Gasteiger partial charge < -0.3 is 10.1 Å². The monoisotopic (exact) mass is 197 g/mol. The lowest BCUT2D eigenvalue weighted by Crippen LogP contribution is -2.37. The van der Waals surface area contributed by atoms with Crippen molar-refractivity contribution in [1.82, 2.24) is 5.32 Å². The van der Waals surface area contributed by atoms with Crippen molar-refractivity contribution < 1.29 is 9.53 Å². The molecular formula is C11H19NO2. The Morgan fingerprint density at radius 3 is 2.57 bits per heavy atom. The first kappa shape index (κ1) is 12.8. The van der Waals surface area contributed by atoms with E-state index in [-0.39, 0.29) is 12.1 Å². The quantitative estimate of drug-likeness (QED) is 0.705. The number of hydrogen-bond acceptors (Lipinski definition) is 2. The normalized spacial score (nSPS) is 12.8. The van der Waals surface area contributed by atoms with E-state index in [0.29, 0.717) is 6.42 Å². The molecule has 0 aliphatic heterocycles. The largest absolute Gasteiger partial charge is 0.444 e. The SMILES string of the molecule is C#CCC[C@@H](C)NC(=O)OC(C)(C)C. The molecule has 0 aliphatic carbocycles. The number of nitrogens with one attached hydrogen (secondary N) is 1. The molecule has 0 aromatic rings. The van der Waals surface area contributed by atoms with Gasteiger partial charge >= 0.3 is 6.09 Å². The minimum atomic E-state index is -0.448. The van der Waals surface area contributed by atoms with Crippen LogP contribution in [0.2, 0.25) is 0 Å². The summed E-state index contributed by atoms with van der Waals surface area (Å²) in [4.78, 5) is 11.2. The number of ether oxygens (including phenoxy) is 1. The van der Waals surface area contributed by atoms with E-state index < -0.39 is 5.60 Å². The molecular weight excluding hydrogens is 178 g/mol. The van der Waals surface area contributed by atoms with E-state index in [4.69, 9.17) is 11.2 Å². The summed E-state index contributed by atoms with van der Waals surface area (Å²) >= 11 is 0. The first-order chi connectivity index (χ1) is 6.35. The van der Waals surface area contributed by atoms with Crippen LogP contribution in [0.15, 0.2) is 0 Å². The molecule has 0 saturated carbocycles. The average Bonchev–Trinajstić information content (AvgIpc) is 1.96. The number of carbonyl (C=O) groups is 1. The molecule has 1 amide bonds. The first-order valence-corrected chi connectivity index (χ1v) is 4.78. The van der Waals surface area contributed by atoms with Crippen molar-refractivity contribution in [3.8, 4) is 12.3 Å². The van der Waals surface area contributed by atoms with Crippen LogP contribution < -0.4 is 5.32 Å². The fourth-order valence-corrected chi connectivity index (χ4v) is 0.881. The first-order valence-electron chi connectivity index (χ1n) is 4.78. The fraction of sp³-hybridized carbons (Fsp3) is 0.727. The molecule has 14 heavy (non-hydrogen) atoms. The van der Waals surface area contributed by atoms with Gasteiger partial charge in [0.1, 0.15) is 5.60 Å². The van der Waals surface area contributed by atoms with Gasteiger partial charge in [-0.1, -0.05) is 0 Å². The zero-order chi connectivity index (χ0) is 11.2. The van der Waals surface area contributed by atoms with Gasteiger partial charge in [0.2, 0.25) is 0 Å². The van der Waals surface area contributed by atoms with Gasteiger partial charge in [0, 0.05) is 12.5 Å². The molecule has 0 aromatic heterocycles. The van der Waals surface area contributed by atoms with E-state index in [2.05, 4.69) is 11.2 Å². The molecule has 0 rings (SSSR count). The summed E-state index contributed by atoms with van der Waals surface area (Å²) in [6.07, 6.45) is 6.17. The number of hydrogen-bond donors (Lipinski definition) is 1. The van der Waals surface area contributed by atoms with Gasteiger partial charge in [-0.3, -0.25) is 0 Å². The van der Waals surface area contributed by atoms with Gasteiger partial charge in [-0.2, -0.15) is 0 Å². The minimum absolute atomic E-state index is 0.0564. The van der Waals surface area contributed by atoms with E-state index in [1.54, 1.807) is 0 Å². The molecule has 0 bridgehead atoms. The summed E-state index contributed by atoms with van der Waals surface area (Å²) in [6.45, 7) is 7.40. The van der Waals surface area contributed by atoms with Gasteiger partial charge in [0.15, 0.2) is 0 Å². The maximum atomic E-state index is 11.2. The summed E-state index contributed by atoms with van der Waals surface area (Å²) in [6, 6.07) is 0.0564. The number of terminal acetylenes is 1. The summed E-state index contributed by atoms with van der Waals surface area (Å²) < 4.78 is 5.09. The second-order valence-electron chi connectivity index (χ2n) is 4.29. The Labute approximate surface area is 86.2 Å². The van der Waals surface area contributed by atoms with Crippen molar-refractivity contribution in [2.75, 3.05) is 0 Å². The summed E-state index contributed by atoms with van der Waals surface area (Å²) in [5, 5.41) is 2.71. The molecule has 1 N–H and O–H groups in total. The highest BCUT2D eigenvalue weighted by Crippen LogP contribution is 2.07. The van der Waals surface area contributed by atoms with E-state index in [0.717, 1.165) is 6.42 Å². The summed E-state index contributed by atoms with van der Waals surface area (Å²) in [7, 11) is 0. The van der Waals surface area contributed by atoms with Crippen LogP contribution in [0.4, 0.5) is 4.79 Å². The molecule has 0 spiro atoms. The standard InChI is InChI=1S/C11H19NO2/c1-6-7-8-9(2)12-10(13)14-11(3,4)5/h1,9H,7-8H2,2-5H3,(H,12,13)/t9-/m1/s1. The molecule has 0 saturated heterocycles. The topological polar surface area (TPSA) is 38.3 Å². The molecule has 0 aliphatic rings. The van der Waals surface area contributed by atoms with Crippen molar-refractivity contribution >= 4 is 6.09 Å². The molecule has 1 atom stereocenters. The van der Waals surface area contributed by atoms with Crippen LogP contribution in [0.1, 0.15) is 40.5 Å². The zero-order valence-corrected chi connectivity index (χ0v) is 9.39. The van der Waals surface area contributed by atoms with Crippen LogP contribution in [0.5, 0.6) is 0 Å². The van der Waals surface area contributed by atoms with Crippen molar-refractivity contribution in [3.63, 3.8) is 0 Å². The van der Waals surface area contributed by atoms with Crippen LogP contribution in [0.25, 0.3) is 0 Å². The van der Waals surface area contributed by atoms with Crippen LogP contribution in [-0.2, 0) is 4.74 Å². The predicted molar refractivity (Wildman–Crippen MR) is 56.9 cm³/mol. The third-order valence-corrected chi connectivity index (χ3v) is 1.48. The third-order valence-electron chi connectivity index (χ3n) is 1.48. The van der Waals surface area contributed by atoms with Crippen LogP contribution in [0.3, 0.4) is 0 Å². The van der Waals surface area contributed by atoms with Gasteiger partial charge in [0.05, 0.1) is 0 Å². The van der Waals surface area contributed by atoms with Gasteiger partial charge in [0.25, 0.3) is 0 Å². The Kier molecular flexibility index (Phi) is 5.07. The van der Waals surface area contributed by atoms with Crippen LogP contribution >= 0.6 is 0 Å². The maximum absolute atomic E-state index is 11.2. The Morgan fingerprint density at radius 2 is 2.14 bits per heavy atom. The number of amides is 1. The second-order valence-corrected chi connectivity index (χ2v) is 4.29.